The van der Waals surface area contributed by atoms with Crippen molar-refractivity contribution in [1.82, 2.24) is 15.3 Å². The Morgan fingerprint density at radius 1 is 1.06 bits per heavy atom. The van der Waals surface area contributed by atoms with E-state index in [1.807, 2.05) is 24.3 Å². The molecular weight excluding hydrogens is 458 g/mol. The standard InChI is InChI=1S/C24H26ClN5O4/c1-24(2,3)34-23(32)29-17-7-5-6-16(12-17)28-20-19(14-27-22(25)30-20)21(31)26-13-15-8-10-18(33-4)11-9-15/h5-12,14H,13H2,1-4H3,(H,26,31)(H,29,32)(H,27,28,30). The van der Waals surface area contributed by atoms with Gasteiger partial charge in [-0.05, 0) is 68.3 Å². The molecule has 0 aliphatic carbocycles. The second kappa shape index (κ2) is 10.8. The lowest BCUT2D eigenvalue weighted by atomic mass is 10.2. The third-order valence-corrected chi connectivity index (χ3v) is 4.57. The summed E-state index contributed by atoms with van der Waals surface area (Å²) in [6.07, 6.45) is 0.775. The van der Waals surface area contributed by atoms with Gasteiger partial charge in [-0.1, -0.05) is 18.2 Å². The molecule has 0 spiro atoms. The molecular formula is C24H26ClN5O4. The van der Waals surface area contributed by atoms with Crippen LogP contribution in [0, 0.1) is 0 Å². The van der Waals surface area contributed by atoms with Crippen LogP contribution in [0.2, 0.25) is 5.28 Å². The van der Waals surface area contributed by atoms with E-state index in [0.29, 0.717) is 17.9 Å². The quantitative estimate of drug-likeness (QED) is 0.397. The second-order valence-corrected chi connectivity index (χ2v) is 8.60. The summed E-state index contributed by atoms with van der Waals surface area (Å²) < 4.78 is 10.4. The Hall–Kier alpha value is -3.85. The number of hydrogen-bond acceptors (Lipinski definition) is 7. The Morgan fingerprint density at radius 2 is 1.76 bits per heavy atom. The first kappa shape index (κ1) is 24.8. The third kappa shape index (κ3) is 7.35. The van der Waals surface area contributed by atoms with E-state index < -0.39 is 11.7 Å². The average molecular weight is 484 g/mol. The Labute approximate surface area is 202 Å². The van der Waals surface area contributed by atoms with E-state index in [-0.39, 0.29) is 22.6 Å². The first-order chi connectivity index (χ1) is 16.1. The highest BCUT2D eigenvalue weighted by Gasteiger charge is 2.17. The lowest BCUT2D eigenvalue weighted by Gasteiger charge is -2.20. The molecule has 10 heteroatoms. The summed E-state index contributed by atoms with van der Waals surface area (Å²) in [5.41, 5.74) is 1.58. The van der Waals surface area contributed by atoms with Gasteiger partial charge in [0.25, 0.3) is 5.91 Å². The summed E-state index contributed by atoms with van der Waals surface area (Å²) in [6, 6.07) is 14.2. The van der Waals surface area contributed by atoms with E-state index in [0.717, 1.165) is 11.3 Å². The fraction of sp³-hybridized carbons (Fsp3) is 0.250. The molecule has 3 rings (SSSR count). The van der Waals surface area contributed by atoms with Crippen LogP contribution in [0.4, 0.5) is 22.0 Å². The minimum Gasteiger partial charge on any atom is -0.497 e. The minimum atomic E-state index is -0.619. The van der Waals surface area contributed by atoms with Crippen LogP contribution in [0.25, 0.3) is 0 Å². The number of nitrogens with one attached hydrogen (secondary N) is 3. The van der Waals surface area contributed by atoms with Gasteiger partial charge in [-0.2, -0.15) is 4.98 Å². The lowest BCUT2D eigenvalue weighted by Crippen LogP contribution is -2.27. The number of ether oxygens (including phenoxy) is 2. The Bertz CT molecular complexity index is 1160. The van der Waals surface area contributed by atoms with E-state index in [1.165, 1.54) is 6.20 Å². The molecule has 2 amide bonds. The average Bonchev–Trinajstić information content (AvgIpc) is 2.77. The van der Waals surface area contributed by atoms with Crippen molar-refractivity contribution in [3.63, 3.8) is 0 Å². The number of methoxy groups -OCH3 is 1. The summed E-state index contributed by atoms with van der Waals surface area (Å²) in [7, 11) is 1.59. The molecule has 0 atom stereocenters. The van der Waals surface area contributed by atoms with Crippen LogP contribution in [0.15, 0.2) is 54.7 Å². The molecule has 1 heterocycles. The summed E-state index contributed by atoms with van der Waals surface area (Å²) in [6.45, 7) is 5.65. The molecule has 9 nitrogen and oxygen atoms in total. The zero-order valence-corrected chi connectivity index (χ0v) is 20.1. The Morgan fingerprint density at radius 3 is 2.44 bits per heavy atom. The molecule has 0 aliphatic heterocycles. The number of anilines is 3. The van der Waals surface area contributed by atoms with Gasteiger partial charge in [-0.15, -0.1) is 0 Å². The topological polar surface area (TPSA) is 114 Å². The highest BCUT2D eigenvalue weighted by Crippen LogP contribution is 2.23. The number of hydrogen-bond donors (Lipinski definition) is 3. The smallest absolute Gasteiger partial charge is 0.412 e. The normalized spacial score (nSPS) is 10.9. The van der Waals surface area contributed by atoms with Crippen molar-refractivity contribution in [3.05, 3.63) is 71.1 Å². The third-order valence-electron chi connectivity index (χ3n) is 4.39. The number of rotatable bonds is 7. The number of benzene rings is 2. The first-order valence-corrected chi connectivity index (χ1v) is 10.8. The highest BCUT2D eigenvalue weighted by molar-refractivity contribution is 6.28. The van der Waals surface area contributed by atoms with E-state index in [9.17, 15) is 9.59 Å². The molecule has 3 aromatic rings. The molecule has 1 aromatic heterocycles. The van der Waals surface area contributed by atoms with Gasteiger partial charge in [-0.25, -0.2) is 9.78 Å². The van der Waals surface area contributed by atoms with E-state index in [4.69, 9.17) is 21.1 Å². The summed E-state index contributed by atoms with van der Waals surface area (Å²) >= 11 is 5.97. The number of nitrogens with zero attached hydrogens (tertiary/aromatic N) is 2. The van der Waals surface area contributed by atoms with Crippen molar-refractivity contribution in [1.29, 1.82) is 0 Å². The van der Waals surface area contributed by atoms with Crippen molar-refractivity contribution in [2.75, 3.05) is 17.7 Å². The number of halogens is 1. The van der Waals surface area contributed by atoms with Crippen LogP contribution in [0.5, 0.6) is 5.75 Å². The van der Waals surface area contributed by atoms with Crippen LogP contribution in [-0.4, -0.2) is 34.7 Å². The minimum absolute atomic E-state index is 0.0164. The number of aromatic nitrogens is 2. The molecule has 0 aliphatic rings. The maximum absolute atomic E-state index is 12.8. The SMILES string of the molecule is COc1ccc(CNC(=O)c2cnc(Cl)nc2Nc2cccc(NC(=O)OC(C)(C)C)c2)cc1. The van der Waals surface area contributed by atoms with Gasteiger partial charge in [0.15, 0.2) is 0 Å². The van der Waals surface area contributed by atoms with Gasteiger partial charge in [0.05, 0.1) is 7.11 Å². The van der Waals surface area contributed by atoms with Crippen molar-refractivity contribution in [2.45, 2.75) is 32.9 Å². The predicted molar refractivity (Wildman–Crippen MR) is 131 cm³/mol. The molecule has 0 radical (unpaired) electrons. The fourth-order valence-electron chi connectivity index (χ4n) is 2.88. The largest absolute Gasteiger partial charge is 0.497 e. The molecule has 0 saturated heterocycles. The Balaban J connectivity index is 1.72. The van der Waals surface area contributed by atoms with E-state index in [2.05, 4.69) is 25.9 Å². The molecule has 178 valence electrons. The molecule has 0 bridgehead atoms. The summed E-state index contributed by atoms with van der Waals surface area (Å²) in [5, 5.41) is 8.56. The van der Waals surface area contributed by atoms with Crippen LogP contribution in [-0.2, 0) is 11.3 Å². The van der Waals surface area contributed by atoms with Crippen LogP contribution in [0.1, 0.15) is 36.7 Å². The van der Waals surface area contributed by atoms with Gasteiger partial charge in [0.1, 0.15) is 22.7 Å². The van der Waals surface area contributed by atoms with Crippen LogP contribution >= 0.6 is 11.6 Å². The first-order valence-electron chi connectivity index (χ1n) is 10.4. The van der Waals surface area contributed by atoms with Gasteiger partial charge < -0.3 is 20.1 Å². The zero-order chi connectivity index (χ0) is 24.7. The lowest BCUT2D eigenvalue weighted by molar-refractivity contribution is 0.0635. The fourth-order valence-corrected chi connectivity index (χ4v) is 3.01. The van der Waals surface area contributed by atoms with Gasteiger partial charge in [-0.3, -0.25) is 10.1 Å². The molecule has 34 heavy (non-hydrogen) atoms. The zero-order valence-electron chi connectivity index (χ0n) is 19.3. The molecule has 0 fully saturated rings. The van der Waals surface area contributed by atoms with Gasteiger partial charge in [0.2, 0.25) is 5.28 Å². The molecule has 3 N–H and O–H groups in total. The maximum Gasteiger partial charge on any atom is 0.412 e. The molecule has 0 unspecified atom stereocenters. The summed E-state index contributed by atoms with van der Waals surface area (Å²) in [4.78, 5) is 33.0. The monoisotopic (exact) mass is 483 g/mol. The van der Waals surface area contributed by atoms with Gasteiger partial charge in [0, 0.05) is 24.1 Å². The number of amides is 2. The van der Waals surface area contributed by atoms with Crippen molar-refractivity contribution < 1.29 is 19.1 Å². The Kier molecular flexibility index (Phi) is 7.91. The highest BCUT2D eigenvalue weighted by atomic mass is 35.5. The molecule has 2 aromatic carbocycles. The van der Waals surface area contributed by atoms with Gasteiger partial charge >= 0.3 is 6.09 Å². The number of carbonyl (C=O) groups excluding carboxylic acids is 2. The van der Waals surface area contributed by atoms with Crippen molar-refractivity contribution in [2.24, 2.45) is 0 Å². The van der Waals surface area contributed by atoms with Crippen LogP contribution in [0.3, 0.4) is 0 Å². The van der Waals surface area contributed by atoms with Crippen LogP contribution < -0.4 is 20.7 Å². The van der Waals surface area contributed by atoms with E-state index >= 15 is 0 Å². The van der Waals surface area contributed by atoms with E-state index in [1.54, 1.807) is 52.1 Å². The van der Waals surface area contributed by atoms with Crippen molar-refractivity contribution in [3.8, 4) is 5.75 Å². The molecule has 0 saturated carbocycles. The predicted octanol–water partition coefficient (Wildman–Crippen LogP) is 5.16. The van der Waals surface area contributed by atoms with Crippen molar-refractivity contribution >= 4 is 40.8 Å². The number of carbonyl (C=O) groups is 2. The summed E-state index contributed by atoms with van der Waals surface area (Å²) in [5.74, 6) is 0.579. The maximum atomic E-state index is 12.8. The second-order valence-electron chi connectivity index (χ2n) is 8.26.